The average molecular weight is 192 g/mol. The summed E-state index contributed by atoms with van der Waals surface area (Å²) in [4.78, 5) is 0. The summed E-state index contributed by atoms with van der Waals surface area (Å²) in [6.45, 7) is 19.9. The van der Waals surface area contributed by atoms with Crippen LogP contribution < -0.4 is 0 Å². The van der Waals surface area contributed by atoms with Crippen LogP contribution in [0.2, 0.25) is 0 Å². The van der Waals surface area contributed by atoms with Crippen LogP contribution in [-0.2, 0) is 0 Å². The summed E-state index contributed by atoms with van der Waals surface area (Å²) in [6, 6.07) is 0. The van der Waals surface area contributed by atoms with Crippen molar-refractivity contribution in [3.05, 3.63) is 47.6 Å². The van der Waals surface area contributed by atoms with Gasteiger partial charge in [0.15, 0.2) is 0 Å². The number of allylic oxidation sites excluding steroid dienone is 6. The molecule has 0 fully saturated rings. The Morgan fingerprint density at radius 2 is 1.29 bits per heavy atom. The Hall–Kier alpha value is -1.04. The van der Waals surface area contributed by atoms with E-state index < -0.39 is 0 Å². The Bertz CT molecular complexity index is 245. The Balaban J connectivity index is 0. The second kappa shape index (κ2) is 8.55. The molecule has 0 N–H and O–H groups in total. The lowest BCUT2D eigenvalue weighted by atomic mass is 10.0. The van der Waals surface area contributed by atoms with Gasteiger partial charge in [0.1, 0.15) is 0 Å². The van der Waals surface area contributed by atoms with Crippen molar-refractivity contribution in [2.75, 3.05) is 0 Å². The third-order valence-electron chi connectivity index (χ3n) is 1.34. The molecule has 0 aromatic rings. The zero-order chi connectivity index (χ0) is 11.7. The number of rotatable bonds is 3. The van der Waals surface area contributed by atoms with E-state index in [1.54, 1.807) is 0 Å². The molecular formula is C14H24. The summed E-state index contributed by atoms with van der Waals surface area (Å²) in [5.41, 5.74) is 4.60. The largest absolute Gasteiger partial charge is 0.0961 e. The van der Waals surface area contributed by atoms with Crippen molar-refractivity contribution in [2.45, 2.75) is 41.5 Å². The van der Waals surface area contributed by atoms with E-state index in [1.165, 1.54) is 11.1 Å². The minimum absolute atomic E-state index is 1.06. The molecular weight excluding hydrogens is 168 g/mol. The van der Waals surface area contributed by atoms with Gasteiger partial charge in [-0.3, -0.25) is 0 Å². The van der Waals surface area contributed by atoms with Crippen molar-refractivity contribution in [3.63, 3.8) is 0 Å². The highest BCUT2D eigenvalue weighted by atomic mass is 14.0. The zero-order valence-electron chi connectivity index (χ0n) is 10.6. The first-order valence-electron chi connectivity index (χ1n) is 5.11. The molecule has 0 aromatic carbocycles. The maximum atomic E-state index is 3.91. The van der Waals surface area contributed by atoms with Crippen molar-refractivity contribution in [1.29, 1.82) is 0 Å². The molecule has 0 aromatic heterocycles. The highest BCUT2D eigenvalue weighted by molar-refractivity contribution is 5.41. The van der Waals surface area contributed by atoms with Gasteiger partial charge < -0.3 is 0 Å². The third kappa shape index (κ3) is 9.05. The molecule has 0 spiro atoms. The van der Waals surface area contributed by atoms with Gasteiger partial charge in [-0.15, -0.1) is 0 Å². The standard InChI is InChI=1S/C12H18.C2H6/c1-9(2)7-12(11(5)6)8-10(3)4;1-2/h7-8H,1,5H2,2-4,6H3;1-2H3/b12-7+;. The molecule has 0 heteroatoms. The quantitative estimate of drug-likeness (QED) is 0.548. The van der Waals surface area contributed by atoms with Gasteiger partial charge in [-0.1, -0.05) is 55.9 Å². The molecule has 0 saturated heterocycles. The summed E-state index contributed by atoms with van der Waals surface area (Å²) in [5, 5.41) is 0. The second-order valence-electron chi connectivity index (χ2n) is 3.45. The van der Waals surface area contributed by atoms with Gasteiger partial charge in [-0.25, -0.2) is 0 Å². The first-order chi connectivity index (χ1) is 6.43. The van der Waals surface area contributed by atoms with Crippen LogP contribution in [0.1, 0.15) is 41.5 Å². The van der Waals surface area contributed by atoms with Crippen LogP contribution in [0.5, 0.6) is 0 Å². The molecule has 0 aliphatic heterocycles. The maximum Gasteiger partial charge on any atom is -0.0231 e. The molecule has 0 rings (SSSR count). The van der Waals surface area contributed by atoms with Gasteiger partial charge in [-0.05, 0) is 33.3 Å². The normalized spacial score (nSPS) is 9.71. The van der Waals surface area contributed by atoms with E-state index in [4.69, 9.17) is 0 Å². The first-order valence-corrected chi connectivity index (χ1v) is 5.11. The van der Waals surface area contributed by atoms with Crippen molar-refractivity contribution < 1.29 is 0 Å². The fourth-order valence-electron chi connectivity index (χ4n) is 0.865. The molecule has 0 atom stereocenters. The van der Waals surface area contributed by atoms with Crippen molar-refractivity contribution in [1.82, 2.24) is 0 Å². The summed E-state index contributed by atoms with van der Waals surface area (Å²) < 4.78 is 0. The van der Waals surface area contributed by atoms with Crippen LogP contribution in [0.3, 0.4) is 0 Å². The van der Waals surface area contributed by atoms with Crippen LogP contribution in [0.4, 0.5) is 0 Å². The molecule has 0 amide bonds. The second-order valence-corrected chi connectivity index (χ2v) is 3.45. The molecule has 0 bridgehead atoms. The van der Waals surface area contributed by atoms with E-state index in [0.717, 1.165) is 11.1 Å². The van der Waals surface area contributed by atoms with Gasteiger partial charge in [0.2, 0.25) is 0 Å². The van der Waals surface area contributed by atoms with E-state index in [9.17, 15) is 0 Å². The molecule has 0 saturated carbocycles. The molecule has 0 unspecified atom stereocenters. The van der Waals surface area contributed by atoms with E-state index >= 15 is 0 Å². The summed E-state index contributed by atoms with van der Waals surface area (Å²) >= 11 is 0. The van der Waals surface area contributed by atoms with Gasteiger partial charge in [-0.2, -0.15) is 0 Å². The van der Waals surface area contributed by atoms with Gasteiger partial charge >= 0.3 is 0 Å². The van der Waals surface area contributed by atoms with Crippen molar-refractivity contribution >= 4 is 0 Å². The minimum atomic E-state index is 1.06. The molecule has 80 valence electrons. The Kier molecular flexibility index (Phi) is 9.43. The van der Waals surface area contributed by atoms with Crippen molar-refractivity contribution in [2.24, 2.45) is 0 Å². The third-order valence-corrected chi connectivity index (χ3v) is 1.34. The zero-order valence-corrected chi connectivity index (χ0v) is 10.6. The van der Waals surface area contributed by atoms with Crippen LogP contribution in [0, 0.1) is 0 Å². The van der Waals surface area contributed by atoms with Gasteiger partial charge in [0.25, 0.3) is 0 Å². The van der Waals surface area contributed by atoms with E-state index in [2.05, 4.69) is 39.2 Å². The molecule has 0 nitrogen and oxygen atoms in total. The van der Waals surface area contributed by atoms with E-state index in [0.29, 0.717) is 0 Å². The summed E-state index contributed by atoms with van der Waals surface area (Å²) in [7, 11) is 0. The lowest BCUT2D eigenvalue weighted by Gasteiger charge is -2.01. The topological polar surface area (TPSA) is 0 Å². The lowest BCUT2D eigenvalue weighted by Crippen LogP contribution is -1.81. The highest BCUT2D eigenvalue weighted by Gasteiger charge is 1.93. The van der Waals surface area contributed by atoms with Crippen LogP contribution in [0.15, 0.2) is 47.6 Å². The van der Waals surface area contributed by atoms with Crippen molar-refractivity contribution in [3.8, 4) is 0 Å². The fraction of sp³-hybridized carbons (Fsp3) is 0.429. The predicted molar refractivity (Wildman–Crippen MR) is 68.5 cm³/mol. The number of hydrogen-bond donors (Lipinski definition) is 0. The van der Waals surface area contributed by atoms with E-state index in [-0.39, 0.29) is 0 Å². The highest BCUT2D eigenvalue weighted by Crippen LogP contribution is 2.13. The van der Waals surface area contributed by atoms with Crippen LogP contribution >= 0.6 is 0 Å². The number of hydrogen-bond acceptors (Lipinski definition) is 0. The van der Waals surface area contributed by atoms with Crippen LogP contribution in [0.25, 0.3) is 0 Å². The molecule has 0 radical (unpaired) electrons. The smallest absolute Gasteiger partial charge is 0.0231 e. The monoisotopic (exact) mass is 192 g/mol. The SMILES string of the molecule is C=C(C)/C=C(\C=C(C)C)C(=C)C.CC. The summed E-state index contributed by atoms with van der Waals surface area (Å²) in [5.74, 6) is 0. The molecule has 0 heterocycles. The Morgan fingerprint density at radius 1 is 0.857 bits per heavy atom. The molecule has 0 aliphatic carbocycles. The predicted octanol–water partition coefficient (Wildman–Crippen LogP) is 5.06. The molecule has 0 aliphatic rings. The fourth-order valence-corrected chi connectivity index (χ4v) is 0.865. The Morgan fingerprint density at radius 3 is 1.50 bits per heavy atom. The summed E-state index contributed by atoms with van der Waals surface area (Å²) in [6.07, 6.45) is 4.17. The first kappa shape index (κ1) is 15.4. The maximum absolute atomic E-state index is 3.91. The van der Waals surface area contributed by atoms with Gasteiger partial charge in [0, 0.05) is 0 Å². The van der Waals surface area contributed by atoms with E-state index in [1.807, 2.05) is 27.7 Å². The lowest BCUT2D eigenvalue weighted by molar-refractivity contribution is 1.33. The average Bonchev–Trinajstić information content (AvgIpc) is 2.05. The van der Waals surface area contributed by atoms with Crippen LogP contribution in [-0.4, -0.2) is 0 Å². The minimum Gasteiger partial charge on any atom is -0.0961 e. The molecule has 14 heavy (non-hydrogen) atoms. The Labute approximate surface area is 89.7 Å². The van der Waals surface area contributed by atoms with Gasteiger partial charge in [0.05, 0.1) is 0 Å².